The summed E-state index contributed by atoms with van der Waals surface area (Å²) < 4.78 is 1.76. The van der Waals surface area contributed by atoms with E-state index in [2.05, 4.69) is 32.8 Å². The molecule has 2 aromatic rings. The fourth-order valence-corrected chi connectivity index (χ4v) is 1.84. The SMILES string of the molecule is CC(C)(C)Bc1bc(N)n2ncbc2b1. The van der Waals surface area contributed by atoms with Gasteiger partial charge in [-0.3, -0.25) is 0 Å². The Hall–Kier alpha value is -0.860. The molecule has 0 bridgehead atoms. The zero-order valence-electron chi connectivity index (χ0n) is 9.49. The Bertz CT molecular complexity index is 488. The van der Waals surface area contributed by atoms with Crippen LogP contribution in [0.1, 0.15) is 20.8 Å². The summed E-state index contributed by atoms with van der Waals surface area (Å²) in [5.41, 5.74) is 6.63. The third-order valence-electron chi connectivity index (χ3n) is 2.32. The molecule has 2 heterocycles. The average Bonchev–Trinajstić information content (AvgIpc) is 2.48. The number of nitrogens with zero attached hydrogens (tertiary/aromatic N) is 2. The van der Waals surface area contributed by atoms with Gasteiger partial charge < -0.3 is 0 Å². The van der Waals surface area contributed by atoms with Crippen molar-refractivity contribution in [2.45, 2.75) is 26.1 Å². The molecule has 0 saturated carbocycles. The van der Waals surface area contributed by atoms with Crippen molar-refractivity contribution < 1.29 is 0 Å². The number of hydrogen-bond donors (Lipinski definition) is 1. The predicted octanol–water partition coefficient (Wildman–Crippen LogP) is -0.789. The van der Waals surface area contributed by atoms with Gasteiger partial charge in [-0.25, -0.2) is 0 Å². The molecule has 0 spiro atoms. The number of anilines is 1. The van der Waals surface area contributed by atoms with Gasteiger partial charge in [0.05, 0.1) is 0 Å². The molecule has 0 atom stereocenters. The molecule has 3 nitrogen and oxygen atoms in total. The van der Waals surface area contributed by atoms with Crippen LogP contribution in [-0.4, -0.2) is 37.6 Å². The van der Waals surface area contributed by atoms with Gasteiger partial charge in [-0.15, -0.1) is 0 Å². The van der Waals surface area contributed by atoms with Crippen LogP contribution in [-0.2, 0) is 0 Å². The molecule has 7 heteroatoms. The molecule has 0 amide bonds. The fraction of sp³-hybridized carbons (Fsp3) is 0.500. The van der Waals surface area contributed by atoms with E-state index in [4.69, 9.17) is 5.73 Å². The predicted molar refractivity (Wildman–Crippen MR) is 70.1 cm³/mol. The van der Waals surface area contributed by atoms with Crippen molar-refractivity contribution in [3.8, 4) is 0 Å². The van der Waals surface area contributed by atoms with Crippen molar-refractivity contribution in [2.24, 2.45) is 0 Å². The molecule has 2 aromatic heterocycles. The van der Waals surface area contributed by atoms with E-state index in [1.54, 1.807) is 10.6 Å². The Morgan fingerprint density at radius 1 is 1.40 bits per heavy atom. The molecule has 0 unspecified atom stereocenters. The number of aromatic nitrogens is 2. The summed E-state index contributed by atoms with van der Waals surface area (Å²) in [5.74, 6) is 0. The average molecular weight is 194 g/mol. The van der Waals surface area contributed by atoms with E-state index in [9.17, 15) is 0 Å². The summed E-state index contributed by atoms with van der Waals surface area (Å²) in [4.78, 5) is 0. The summed E-state index contributed by atoms with van der Waals surface area (Å²) in [6, 6.07) is 0. The Labute approximate surface area is 92.3 Å². The van der Waals surface area contributed by atoms with Gasteiger partial charge in [0.2, 0.25) is 0 Å². The van der Waals surface area contributed by atoms with Crippen molar-refractivity contribution in [2.75, 3.05) is 5.73 Å². The maximum atomic E-state index is 5.92. The summed E-state index contributed by atoms with van der Waals surface area (Å²) in [6.07, 6.45) is 1.77. The van der Waals surface area contributed by atoms with Crippen molar-refractivity contribution in [1.29, 1.82) is 0 Å². The first-order valence-electron chi connectivity index (χ1n) is 5.18. The topological polar surface area (TPSA) is 43.3 Å². The van der Waals surface area contributed by atoms with Gasteiger partial charge in [0.1, 0.15) is 0 Å². The summed E-state index contributed by atoms with van der Waals surface area (Å²) in [5, 5.41) is 6.77. The number of fused-ring (bicyclic) bond motifs is 1. The van der Waals surface area contributed by atoms with Gasteiger partial charge in [-0.1, -0.05) is 0 Å². The van der Waals surface area contributed by atoms with E-state index in [-0.39, 0.29) is 5.31 Å². The second-order valence-corrected chi connectivity index (χ2v) is 5.19. The number of nitrogens with two attached hydrogens (primary N) is 1. The molecule has 0 saturated heterocycles. The minimum absolute atomic E-state index is 0.283. The molecular formula is C8H13B4N3. The van der Waals surface area contributed by atoms with Gasteiger partial charge in [0.15, 0.2) is 0 Å². The molecule has 0 fully saturated rings. The third-order valence-corrected chi connectivity index (χ3v) is 2.32. The van der Waals surface area contributed by atoms with Gasteiger partial charge in [0, 0.05) is 0 Å². The second kappa shape index (κ2) is 3.62. The third kappa shape index (κ3) is 2.39. The quantitative estimate of drug-likeness (QED) is 0.605. The van der Waals surface area contributed by atoms with Crippen LogP contribution in [0.25, 0.3) is 5.31 Å². The molecule has 0 aliphatic carbocycles. The number of nitrogen functional groups attached to an aromatic ring is 1. The van der Waals surface area contributed by atoms with Crippen LogP contribution >= 0.6 is 0 Å². The summed E-state index contributed by atoms with van der Waals surface area (Å²) >= 11 is 0. The molecule has 2 rings (SSSR count). The molecule has 0 aliphatic rings. The second-order valence-electron chi connectivity index (χ2n) is 5.19. The Morgan fingerprint density at radius 3 is 2.80 bits per heavy atom. The van der Waals surface area contributed by atoms with Crippen molar-refractivity contribution >= 4 is 44.3 Å². The van der Waals surface area contributed by atoms with Crippen LogP contribution in [0.3, 0.4) is 0 Å². The first-order valence-corrected chi connectivity index (χ1v) is 5.18. The van der Waals surface area contributed by atoms with E-state index < -0.39 is 0 Å². The molecular weight excluding hydrogens is 181 g/mol. The van der Waals surface area contributed by atoms with Crippen LogP contribution in [0, 0.1) is 0 Å². The van der Waals surface area contributed by atoms with Crippen molar-refractivity contribution in [3.63, 3.8) is 0 Å². The van der Waals surface area contributed by atoms with Crippen LogP contribution in [0.5, 0.6) is 0 Å². The zero-order chi connectivity index (χ0) is 11.1. The van der Waals surface area contributed by atoms with E-state index >= 15 is 0 Å². The molecule has 0 aromatic carbocycles. The van der Waals surface area contributed by atoms with Crippen molar-refractivity contribution in [3.05, 3.63) is 6.09 Å². The van der Waals surface area contributed by atoms with E-state index in [1.165, 1.54) is 5.25 Å². The van der Waals surface area contributed by atoms with Gasteiger partial charge >= 0.3 is 91.8 Å². The number of hydrogen-bond acceptors (Lipinski definition) is 2. The van der Waals surface area contributed by atoms with E-state index in [1.807, 2.05) is 13.8 Å². The monoisotopic (exact) mass is 195 g/mol. The fourth-order valence-electron chi connectivity index (χ4n) is 1.84. The summed E-state index contributed by atoms with van der Waals surface area (Å²) in [6.45, 7) is 12.8. The van der Waals surface area contributed by atoms with Crippen molar-refractivity contribution in [1.82, 2.24) is 9.61 Å². The van der Waals surface area contributed by atoms with Crippen LogP contribution in [0.4, 0.5) is 5.71 Å². The number of rotatable bonds is 1. The molecule has 0 aliphatic heterocycles. The van der Waals surface area contributed by atoms with Gasteiger partial charge in [0.25, 0.3) is 0 Å². The van der Waals surface area contributed by atoms with E-state index in [0.717, 1.165) is 12.6 Å². The summed E-state index contributed by atoms with van der Waals surface area (Å²) in [7, 11) is 1.03. The Kier molecular flexibility index (Phi) is 2.57. The van der Waals surface area contributed by atoms with Gasteiger partial charge in [-0.2, -0.15) is 0 Å². The maximum absolute atomic E-state index is 5.92. The first kappa shape index (κ1) is 10.7. The van der Waals surface area contributed by atoms with Crippen LogP contribution in [0.15, 0.2) is 6.09 Å². The molecule has 72 valence electrons. The van der Waals surface area contributed by atoms with Gasteiger partial charge in [-0.05, 0) is 0 Å². The normalized spacial score (nSPS) is 11.1. The van der Waals surface area contributed by atoms with Crippen LogP contribution in [0.2, 0.25) is 5.31 Å². The first-order chi connectivity index (χ1) is 6.96. The molecule has 0 radical (unpaired) electrons. The Morgan fingerprint density at radius 2 is 2.13 bits per heavy atom. The minimum atomic E-state index is 0.283. The standard InChI is InChI=1S/C8H13B4N3/c1-8(2,3)12-5-10-6-9-4-14-15(6)7(13)11-5/h4,12H,13H2,1-3H3. The molecule has 15 heavy (non-hydrogen) atoms. The Balaban J connectivity index is 2.45. The van der Waals surface area contributed by atoms with Crippen LogP contribution < -0.4 is 11.0 Å². The zero-order valence-corrected chi connectivity index (χ0v) is 9.49. The molecule has 2 N–H and O–H groups in total. The van der Waals surface area contributed by atoms with E-state index in [0.29, 0.717) is 5.71 Å².